The van der Waals surface area contributed by atoms with Crippen molar-refractivity contribution in [2.45, 2.75) is 44.6 Å². The molecule has 0 aliphatic carbocycles. The van der Waals surface area contributed by atoms with Crippen LogP contribution in [0.2, 0.25) is 0 Å². The molecule has 6 nitrogen and oxygen atoms in total. The van der Waals surface area contributed by atoms with Crippen LogP contribution in [0, 0.1) is 0 Å². The molecule has 152 valence electrons. The smallest absolute Gasteiger partial charge is 0.317 e. The molecule has 1 saturated heterocycles. The van der Waals surface area contributed by atoms with E-state index < -0.39 is 0 Å². The molecule has 1 aliphatic rings. The SMILES string of the molecule is CC(CCc1ccc(O)cc1)NC(=O)N1CCC(c2nc3ccccc3o2)CC1. The Morgan fingerprint density at radius 3 is 2.66 bits per heavy atom. The number of phenols is 1. The van der Waals surface area contributed by atoms with Gasteiger partial charge in [0.15, 0.2) is 11.5 Å². The Morgan fingerprint density at radius 2 is 1.93 bits per heavy atom. The van der Waals surface area contributed by atoms with Crippen LogP contribution in [0.25, 0.3) is 11.1 Å². The Morgan fingerprint density at radius 1 is 1.21 bits per heavy atom. The number of aromatic nitrogens is 1. The maximum Gasteiger partial charge on any atom is 0.317 e. The van der Waals surface area contributed by atoms with Crippen molar-refractivity contribution in [3.8, 4) is 5.75 Å². The summed E-state index contributed by atoms with van der Waals surface area (Å²) < 4.78 is 5.90. The number of amides is 2. The summed E-state index contributed by atoms with van der Waals surface area (Å²) in [5.41, 5.74) is 2.87. The van der Waals surface area contributed by atoms with E-state index in [0.717, 1.165) is 48.2 Å². The van der Waals surface area contributed by atoms with Crippen molar-refractivity contribution >= 4 is 17.1 Å². The lowest BCUT2D eigenvalue weighted by Gasteiger charge is -2.31. The molecule has 6 heteroatoms. The van der Waals surface area contributed by atoms with Crippen molar-refractivity contribution in [2.75, 3.05) is 13.1 Å². The van der Waals surface area contributed by atoms with Crippen LogP contribution in [0.3, 0.4) is 0 Å². The van der Waals surface area contributed by atoms with Gasteiger partial charge >= 0.3 is 6.03 Å². The van der Waals surface area contributed by atoms with E-state index >= 15 is 0 Å². The number of rotatable bonds is 5. The van der Waals surface area contributed by atoms with E-state index in [2.05, 4.69) is 10.3 Å². The largest absolute Gasteiger partial charge is 0.508 e. The Labute approximate surface area is 170 Å². The number of hydrogen-bond acceptors (Lipinski definition) is 4. The number of nitrogens with zero attached hydrogens (tertiary/aromatic N) is 2. The Kier molecular flexibility index (Phi) is 5.69. The van der Waals surface area contributed by atoms with E-state index in [1.807, 2.05) is 48.2 Å². The van der Waals surface area contributed by atoms with Crippen LogP contribution in [0.1, 0.15) is 43.6 Å². The third-order valence-electron chi connectivity index (χ3n) is 5.61. The predicted octanol–water partition coefficient (Wildman–Crippen LogP) is 4.44. The lowest BCUT2D eigenvalue weighted by molar-refractivity contribution is 0.174. The van der Waals surface area contributed by atoms with Gasteiger partial charge in [0.05, 0.1) is 0 Å². The second kappa shape index (κ2) is 8.55. The lowest BCUT2D eigenvalue weighted by Crippen LogP contribution is -2.47. The van der Waals surface area contributed by atoms with Crippen LogP contribution in [-0.4, -0.2) is 40.2 Å². The first kappa shape index (κ1) is 19.3. The third-order valence-corrected chi connectivity index (χ3v) is 5.61. The molecular formula is C23H27N3O3. The fraction of sp³-hybridized carbons (Fsp3) is 0.391. The maximum absolute atomic E-state index is 12.6. The molecule has 0 saturated carbocycles. The van der Waals surface area contributed by atoms with Gasteiger partial charge in [0.1, 0.15) is 11.3 Å². The first-order valence-electron chi connectivity index (χ1n) is 10.3. The first-order chi connectivity index (χ1) is 14.1. The van der Waals surface area contributed by atoms with Gasteiger partial charge in [0, 0.05) is 25.0 Å². The number of benzene rings is 2. The zero-order valence-corrected chi connectivity index (χ0v) is 16.7. The average molecular weight is 393 g/mol. The summed E-state index contributed by atoms with van der Waals surface area (Å²) in [7, 11) is 0. The van der Waals surface area contributed by atoms with Gasteiger partial charge < -0.3 is 19.7 Å². The van der Waals surface area contributed by atoms with Crippen molar-refractivity contribution in [3.63, 3.8) is 0 Å². The van der Waals surface area contributed by atoms with Crippen LogP contribution < -0.4 is 5.32 Å². The molecular weight excluding hydrogens is 366 g/mol. The summed E-state index contributed by atoms with van der Waals surface area (Å²) in [5.74, 6) is 1.32. The van der Waals surface area contributed by atoms with E-state index in [1.54, 1.807) is 12.1 Å². The number of hydrogen-bond donors (Lipinski definition) is 2. The van der Waals surface area contributed by atoms with Crippen molar-refractivity contribution in [3.05, 3.63) is 60.0 Å². The van der Waals surface area contributed by atoms with E-state index in [1.165, 1.54) is 0 Å². The minimum atomic E-state index is -0.000721. The minimum Gasteiger partial charge on any atom is -0.508 e. The number of fused-ring (bicyclic) bond motifs is 1. The van der Waals surface area contributed by atoms with Gasteiger partial charge in [-0.3, -0.25) is 0 Å². The Bertz CT molecular complexity index is 926. The van der Waals surface area contributed by atoms with Gasteiger partial charge in [-0.15, -0.1) is 0 Å². The molecule has 1 aliphatic heterocycles. The Hall–Kier alpha value is -3.02. The number of phenolic OH excluding ortho intramolecular Hbond substituents is 1. The molecule has 1 atom stereocenters. The van der Waals surface area contributed by atoms with Crippen LogP contribution in [0.4, 0.5) is 4.79 Å². The molecule has 0 radical (unpaired) electrons. The zero-order valence-electron chi connectivity index (χ0n) is 16.7. The monoisotopic (exact) mass is 393 g/mol. The molecule has 3 aromatic rings. The van der Waals surface area contributed by atoms with E-state index in [-0.39, 0.29) is 23.7 Å². The second-order valence-electron chi connectivity index (χ2n) is 7.84. The predicted molar refractivity (Wildman–Crippen MR) is 112 cm³/mol. The summed E-state index contributed by atoms with van der Waals surface area (Å²) in [6.45, 7) is 3.45. The van der Waals surface area contributed by atoms with Crippen LogP contribution in [0.15, 0.2) is 52.9 Å². The number of para-hydroxylation sites is 2. The van der Waals surface area contributed by atoms with Crippen LogP contribution in [-0.2, 0) is 6.42 Å². The maximum atomic E-state index is 12.6. The number of aryl methyl sites for hydroxylation is 1. The fourth-order valence-corrected chi connectivity index (χ4v) is 3.81. The average Bonchev–Trinajstić information content (AvgIpc) is 3.18. The van der Waals surface area contributed by atoms with E-state index in [9.17, 15) is 9.90 Å². The van der Waals surface area contributed by atoms with E-state index in [0.29, 0.717) is 13.1 Å². The molecule has 2 heterocycles. The van der Waals surface area contributed by atoms with Crippen LogP contribution >= 0.6 is 0 Å². The quantitative estimate of drug-likeness (QED) is 0.671. The number of carbonyl (C=O) groups is 1. The number of carbonyl (C=O) groups excluding carboxylic acids is 1. The van der Waals surface area contributed by atoms with Crippen molar-refractivity contribution in [1.29, 1.82) is 0 Å². The number of urea groups is 1. The van der Waals surface area contributed by atoms with E-state index in [4.69, 9.17) is 4.42 Å². The van der Waals surface area contributed by atoms with Crippen molar-refractivity contribution in [1.82, 2.24) is 15.2 Å². The van der Waals surface area contributed by atoms with Gasteiger partial charge in [-0.2, -0.15) is 0 Å². The van der Waals surface area contributed by atoms with Crippen molar-refractivity contribution < 1.29 is 14.3 Å². The molecule has 4 rings (SSSR count). The second-order valence-corrected chi connectivity index (χ2v) is 7.84. The minimum absolute atomic E-state index is 0.000721. The highest BCUT2D eigenvalue weighted by molar-refractivity contribution is 5.74. The van der Waals surface area contributed by atoms with Gasteiger partial charge in [-0.05, 0) is 62.4 Å². The van der Waals surface area contributed by atoms with Crippen molar-refractivity contribution in [2.24, 2.45) is 0 Å². The first-order valence-corrected chi connectivity index (χ1v) is 10.3. The highest BCUT2D eigenvalue weighted by Gasteiger charge is 2.27. The topological polar surface area (TPSA) is 78.6 Å². The summed E-state index contributed by atoms with van der Waals surface area (Å²) >= 11 is 0. The number of oxazole rings is 1. The third kappa shape index (κ3) is 4.70. The molecule has 2 amide bonds. The number of nitrogens with one attached hydrogen (secondary N) is 1. The Balaban J connectivity index is 1.24. The molecule has 1 fully saturated rings. The number of aromatic hydroxyl groups is 1. The van der Waals surface area contributed by atoms with Gasteiger partial charge in [0.25, 0.3) is 0 Å². The van der Waals surface area contributed by atoms with Gasteiger partial charge in [-0.1, -0.05) is 24.3 Å². The molecule has 0 spiro atoms. The summed E-state index contributed by atoms with van der Waals surface area (Å²) in [5, 5.41) is 12.5. The lowest BCUT2D eigenvalue weighted by atomic mass is 9.97. The highest BCUT2D eigenvalue weighted by Crippen LogP contribution is 2.29. The normalized spacial score (nSPS) is 16.1. The van der Waals surface area contributed by atoms with Gasteiger partial charge in [0.2, 0.25) is 0 Å². The standard InChI is InChI=1S/C23H27N3O3/c1-16(6-7-17-8-10-19(27)11-9-17)24-23(28)26-14-12-18(13-15-26)22-25-20-4-2-3-5-21(20)29-22/h2-5,8-11,16,18,27H,6-7,12-15H2,1H3,(H,24,28). The molecule has 29 heavy (non-hydrogen) atoms. The van der Waals surface area contributed by atoms with Crippen LogP contribution in [0.5, 0.6) is 5.75 Å². The number of likely N-dealkylation sites (tertiary alicyclic amines) is 1. The zero-order chi connectivity index (χ0) is 20.2. The molecule has 2 N–H and O–H groups in total. The summed E-state index contributed by atoms with van der Waals surface area (Å²) in [4.78, 5) is 19.1. The molecule has 1 aromatic heterocycles. The molecule has 2 aromatic carbocycles. The molecule has 0 bridgehead atoms. The summed E-state index contributed by atoms with van der Waals surface area (Å²) in [6, 6.07) is 15.1. The van der Waals surface area contributed by atoms with Gasteiger partial charge in [-0.25, -0.2) is 9.78 Å². The highest BCUT2D eigenvalue weighted by atomic mass is 16.3. The molecule has 1 unspecified atom stereocenters. The summed E-state index contributed by atoms with van der Waals surface area (Å²) in [6.07, 6.45) is 3.45. The fourth-order valence-electron chi connectivity index (χ4n) is 3.81. The number of piperidine rings is 1.